The molecule has 114 valence electrons. The van der Waals surface area contributed by atoms with Gasteiger partial charge in [-0.3, -0.25) is 4.98 Å². The van der Waals surface area contributed by atoms with Crippen LogP contribution in [0.5, 0.6) is 0 Å². The molecule has 3 rings (SSSR count). The highest BCUT2D eigenvalue weighted by Gasteiger charge is 2.36. The van der Waals surface area contributed by atoms with Crippen LogP contribution in [0.4, 0.5) is 0 Å². The van der Waals surface area contributed by atoms with Gasteiger partial charge in [0.2, 0.25) is 0 Å². The van der Waals surface area contributed by atoms with Gasteiger partial charge in [-0.25, -0.2) is 0 Å². The molecule has 5 heteroatoms. The molecule has 2 bridgehead atoms. The minimum Gasteiger partial charge on any atom is -0.359 e. The van der Waals surface area contributed by atoms with Crippen LogP contribution in [0, 0.1) is 23.2 Å². The second-order valence-electron chi connectivity index (χ2n) is 6.02. The number of allylic oxidation sites excluding steroid dienone is 1. The lowest BCUT2D eigenvalue weighted by molar-refractivity contribution is 0.396. The van der Waals surface area contributed by atoms with Crippen molar-refractivity contribution in [3.63, 3.8) is 0 Å². The third-order valence-electron chi connectivity index (χ3n) is 4.49. The van der Waals surface area contributed by atoms with Gasteiger partial charge in [-0.15, -0.1) is 0 Å². The lowest BCUT2D eigenvalue weighted by Gasteiger charge is -2.29. The van der Waals surface area contributed by atoms with Crippen LogP contribution in [-0.2, 0) is 6.54 Å². The molecular weight excluding hydrogens is 292 g/mol. The Hall–Kier alpha value is -1.93. The van der Waals surface area contributed by atoms with Crippen molar-refractivity contribution in [2.24, 2.45) is 11.8 Å². The first-order valence-corrected chi connectivity index (χ1v) is 8.16. The predicted molar refractivity (Wildman–Crippen MR) is 89.8 cm³/mol. The monoisotopic (exact) mass is 312 g/mol. The van der Waals surface area contributed by atoms with Crippen molar-refractivity contribution in [3.05, 3.63) is 42.2 Å². The lowest BCUT2D eigenvalue weighted by Crippen LogP contribution is -2.46. The largest absolute Gasteiger partial charge is 0.359 e. The zero-order valence-corrected chi connectivity index (χ0v) is 13.3. The fourth-order valence-electron chi connectivity index (χ4n) is 3.34. The molecule has 1 heterocycles. The first-order chi connectivity index (χ1) is 10.8. The second kappa shape index (κ2) is 6.89. The average molecular weight is 312 g/mol. The number of nitrogens with one attached hydrogen (secondary N) is 1. The molecule has 0 saturated heterocycles. The van der Waals surface area contributed by atoms with Crippen molar-refractivity contribution in [1.29, 1.82) is 5.26 Å². The summed E-state index contributed by atoms with van der Waals surface area (Å²) in [6.07, 6.45) is 11.1. The van der Waals surface area contributed by atoms with E-state index in [1.807, 2.05) is 12.1 Å². The van der Waals surface area contributed by atoms with Crippen LogP contribution in [0.3, 0.4) is 0 Å². The van der Waals surface area contributed by atoms with E-state index in [9.17, 15) is 0 Å². The van der Waals surface area contributed by atoms with Gasteiger partial charge in [-0.05, 0) is 54.6 Å². The molecule has 0 spiro atoms. The van der Waals surface area contributed by atoms with Gasteiger partial charge < -0.3 is 10.2 Å². The summed E-state index contributed by atoms with van der Waals surface area (Å²) in [6, 6.07) is 6.63. The number of hydrogen-bond donors (Lipinski definition) is 1. The van der Waals surface area contributed by atoms with E-state index in [-0.39, 0.29) is 0 Å². The Kier molecular flexibility index (Phi) is 4.69. The first-order valence-electron chi connectivity index (χ1n) is 7.76. The Morgan fingerprint density at radius 3 is 2.82 bits per heavy atom. The normalized spacial score (nSPS) is 25.0. The van der Waals surface area contributed by atoms with E-state index in [1.54, 1.807) is 12.4 Å². The second-order valence-corrected chi connectivity index (χ2v) is 6.41. The number of fused-ring (bicyclic) bond motifs is 2. The first kappa shape index (κ1) is 15.0. The van der Waals surface area contributed by atoms with Crippen molar-refractivity contribution < 1.29 is 0 Å². The molecule has 1 saturated carbocycles. The molecule has 1 aromatic rings. The molecule has 1 aromatic heterocycles. The molecule has 1 fully saturated rings. The van der Waals surface area contributed by atoms with Gasteiger partial charge in [0.1, 0.15) is 0 Å². The predicted octanol–water partition coefficient (Wildman–Crippen LogP) is 2.64. The van der Waals surface area contributed by atoms with Crippen LogP contribution in [-0.4, -0.2) is 27.6 Å². The Morgan fingerprint density at radius 1 is 1.36 bits per heavy atom. The summed E-state index contributed by atoms with van der Waals surface area (Å²) < 4.78 is 0. The standard InChI is InChI=1S/C17H20N4S/c18-6-1-9-21(12-13-4-7-19-8-5-13)17(22)20-16-11-14-2-3-15(16)10-14/h2-5,7-8,14-16H,1,9-12H2,(H,20,22)/t14-,15+,16-/m1/s1. The molecule has 0 aromatic carbocycles. The Morgan fingerprint density at radius 2 is 2.18 bits per heavy atom. The van der Waals surface area contributed by atoms with Crippen LogP contribution in [0.15, 0.2) is 36.7 Å². The summed E-state index contributed by atoms with van der Waals surface area (Å²) in [6.45, 7) is 1.37. The Labute approximate surface area is 136 Å². The maximum atomic E-state index is 8.87. The van der Waals surface area contributed by atoms with Gasteiger partial charge >= 0.3 is 0 Å². The van der Waals surface area contributed by atoms with Crippen molar-refractivity contribution in [2.45, 2.75) is 31.8 Å². The average Bonchev–Trinajstić information content (AvgIpc) is 3.15. The van der Waals surface area contributed by atoms with Crippen molar-refractivity contribution in [2.75, 3.05) is 6.54 Å². The van der Waals surface area contributed by atoms with Gasteiger partial charge in [0.05, 0.1) is 12.5 Å². The molecule has 0 unspecified atom stereocenters. The quantitative estimate of drug-likeness (QED) is 0.669. The molecule has 0 amide bonds. The zero-order valence-electron chi connectivity index (χ0n) is 12.5. The van der Waals surface area contributed by atoms with Gasteiger partial charge in [0, 0.05) is 31.5 Å². The van der Waals surface area contributed by atoms with E-state index in [1.165, 1.54) is 12.8 Å². The van der Waals surface area contributed by atoms with E-state index in [0.717, 1.165) is 16.6 Å². The molecule has 22 heavy (non-hydrogen) atoms. The molecule has 0 aliphatic heterocycles. The van der Waals surface area contributed by atoms with Gasteiger partial charge in [0.15, 0.2) is 5.11 Å². The summed E-state index contributed by atoms with van der Waals surface area (Å²) in [5.74, 6) is 1.33. The summed E-state index contributed by atoms with van der Waals surface area (Å²) in [5, 5.41) is 13.2. The van der Waals surface area contributed by atoms with E-state index in [4.69, 9.17) is 17.5 Å². The molecule has 1 N–H and O–H groups in total. The molecule has 0 radical (unpaired) electrons. The number of thiocarbonyl (C=S) groups is 1. The maximum Gasteiger partial charge on any atom is 0.169 e. The minimum atomic E-state index is 0.449. The molecule has 2 aliphatic rings. The van der Waals surface area contributed by atoms with Gasteiger partial charge in [-0.2, -0.15) is 5.26 Å². The van der Waals surface area contributed by atoms with E-state index in [2.05, 4.69) is 33.4 Å². The highest BCUT2D eigenvalue weighted by atomic mass is 32.1. The van der Waals surface area contributed by atoms with Crippen LogP contribution >= 0.6 is 12.2 Å². The number of nitriles is 1. The minimum absolute atomic E-state index is 0.449. The van der Waals surface area contributed by atoms with Crippen molar-refractivity contribution in [3.8, 4) is 6.07 Å². The maximum absolute atomic E-state index is 8.87. The number of hydrogen-bond acceptors (Lipinski definition) is 3. The molecule has 2 aliphatic carbocycles. The van der Waals surface area contributed by atoms with Gasteiger partial charge in [0.25, 0.3) is 0 Å². The number of pyridine rings is 1. The Bertz CT molecular complexity index is 592. The zero-order chi connectivity index (χ0) is 15.4. The topological polar surface area (TPSA) is 52.0 Å². The highest BCUT2D eigenvalue weighted by molar-refractivity contribution is 7.80. The fraction of sp³-hybridized carbons (Fsp3) is 0.471. The van der Waals surface area contributed by atoms with E-state index in [0.29, 0.717) is 31.5 Å². The van der Waals surface area contributed by atoms with Crippen molar-refractivity contribution in [1.82, 2.24) is 15.2 Å². The van der Waals surface area contributed by atoms with Crippen LogP contribution in [0.25, 0.3) is 0 Å². The number of nitrogens with zero attached hydrogens (tertiary/aromatic N) is 3. The van der Waals surface area contributed by atoms with Gasteiger partial charge in [-0.1, -0.05) is 12.2 Å². The summed E-state index contributed by atoms with van der Waals surface area (Å²) >= 11 is 5.61. The Balaban J connectivity index is 1.62. The van der Waals surface area contributed by atoms with E-state index >= 15 is 0 Å². The van der Waals surface area contributed by atoms with Crippen molar-refractivity contribution >= 4 is 17.3 Å². The van der Waals surface area contributed by atoms with Crippen LogP contribution in [0.1, 0.15) is 24.8 Å². The highest BCUT2D eigenvalue weighted by Crippen LogP contribution is 2.39. The lowest BCUT2D eigenvalue weighted by atomic mass is 10.0. The SMILES string of the molecule is N#CCCN(Cc1ccncc1)C(=S)N[C@@H]1C[C@@H]2C=C[C@H]1C2. The fourth-order valence-corrected chi connectivity index (χ4v) is 3.65. The van der Waals surface area contributed by atoms with E-state index < -0.39 is 0 Å². The molecular formula is C17H20N4S. The van der Waals surface area contributed by atoms with Crippen LogP contribution in [0.2, 0.25) is 0 Å². The van der Waals surface area contributed by atoms with Crippen LogP contribution < -0.4 is 5.32 Å². The third-order valence-corrected chi connectivity index (χ3v) is 4.87. The third kappa shape index (κ3) is 3.45. The summed E-state index contributed by atoms with van der Waals surface area (Å²) in [5.41, 5.74) is 1.16. The summed E-state index contributed by atoms with van der Waals surface area (Å²) in [7, 11) is 0. The number of aromatic nitrogens is 1. The molecule has 3 atom stereocenters. The number of rotatable bonds is 5. The molecule has 4 nitrogen and oxygen atoms in total. The smallest absolute Gasteiger partial charge is 0.169 e. The summed E-state index contributed by atoms with van der Waals surface area (Å²) in [4.78, 5) is 6.13.